The van der Waals surface area contributed by atoms with Gasteiger partial charge in [0.25, 0.3) is 0 Å². The monoisotopic (exact) mass is 379 g/mol. The van der Waals surface area contributed by atoms with Crippen LogP contribution in [0.15, 0.2) is 47.6 Å². The number of nitrogens with one attached hydrogen (secondary N) is 1. The van der Waals surface area contributed by atoms with Gasteiger partial charge in [0.2, 0.25) is 0 Å². The minimum Gasteiger partial charge on any atom is -0.363 e. The molecule has 2 rings (SSSR count). The SMILES string of the molecule is CN=C(NCc1ccnc(N(C)C)c1)N(C)Cc1ccc(C(F)(F)F)cc1. The van der Waals surface area contributed by atoms with E-state index in [1.54, 1.807) is 13.2 Å². The van der Waals surface area contributed by atoms with Crippen LogP contribution in [0, 0.1) is 0 Å². The highest BCUT2D eigenvalue weighted by Crippen LogP contribution is 2.29. The van der Waals surface area contributed by atoms with E-state index in [1.807, 2.05) is 43.1 Å². The summed E-state index contributed by atoms with van der Waals surface area (Å²) in [7, 11) is 7.36. The van der Waals surface area contributed by atoms with Gasteiger partial charge < -0.3 is 15.1 Å². The molecule has 0 unspecified atom stereocenters. The second-order valence-electron chi connectivity index (χ2n) is 6.37. The van der Waals surface area contributed by atoms with Gasteiger partial charge in [-0.1, -0.05) is 12.1 Å². The summed E-state index contributed by atoms with van der Waals surface area (Å²) in [5, 5.41) is 3.26. The average molecular weight is 379 g/mol. The van der Waals surface area contributed by atoms with E-state index in [4.69, 9.17) is 0 Å². The number of anilines is 1. The largest absolute Gasteiger partial charge is 0.416 e. The third kappa shape index (κ3) is 5.87. The standard InChI is InChI=1S/C19H24F3N5/c1-23-18(25-12-15-9-10-24-17(11-15)26(2)3)27(4)13-14-5-7-16(8-6-14)19(20,21)22/h5-11H,12-13H2,1-4H3,(H,23,25). The maximum Gasteiger partial charge on any atom is 0.416 e. The molecule has 27 heavy (non-hydrogen) atoms. The van der Waals surface area contributed by atoms with Gasteiger partial charge in [-0.25, -0.2) is 4.98 Å². The van der Waals surface area contributed by atoms with Crippen molar-refractivity contribution in [3.8, 4) is 0 Å². The van der Waals surface area contributed by atoms with Crippen LogP contribution in [0.3, 0.4) is 0 Å². The number of aromatic nitrogens is 1. The topological polar surface area (TPSA) is 43.8 Å². The number of halogens is 3. The van der Waals surface area contributed by atoms with E-state index in [-0.39, 0.29) is 0 Å². The van der Waals surface area contributed by atoms with Crippen molar-refractivity contribution in [1.82, 2.24) is 15.2 Å². The summed E-state index contributed by atoms with van der Waals surface area (Å²) in [6, 6.07) is 9.06. The first-order chi connectivity index (χ1) is 12.7. The van der Waals surface area contributed by atoms with Gasteiger partial charge in [-0.15, -0.1) is 0 Å². The molecular weight excluding hydrogens is 355 g/mol. The van der Waals surface area contributed by atoms with Crippen molar-refractivity contribution >= 4 is 11.8 Å². The molecule has 0 aliphatic heterocycles. The van der Waals surface area contributed by atoms with Crippen LogP contribution in [0.25, 0.3) is 0 Å². The van der Waals surface area contributed by atoms with Gasteiger partial charge in [0.05, 0.1) is 5.56 Å². The zero-order valence-corrected chi connectivity index (χ0v) is 15.9. The quantitative estimate of drug-likeness (QED) is 0.639. The molecule has 0 amide bonds. The first-order valence-corrected chi connectivity index (χ1v) is 8.41. The normalized spacial score (nSPS) is 12.0. The first-order valence-electron chi connectivity index (χ1n) is 8.41. The van der Waals surface area contributed by atoms with Gasteiger partial charge in [-0.3, -0.25) is 4.99 Å². The number of nitrogens with zero attached hydrogens (tertiary/aromatic N) is 4. The molecule has 0 bridgehead atoms. The number of benzene rings is 1. The van der Waals surface area contributed by atoms with Gasteiger partial charge in [-0.2, -0.15) is 13.2 Å². The van der Waals surface area contributed by atoms with E-state index in [1.165, 1.54) is 12.1 Å². The zero-order valence-electron chi connectivity index (χ0n) is 15.9. The van der Waals surface area contributed by atoms with Crippen molar-refractivity contribution in [1.29, 1.82) is 0 Å². The summed E-state index contributed by atoms with van der Waals surface area (Å²) in [5.41, 5.74) is 1.18. The minimum atomic E-state index is -4.32. The lowest BCUT2D eigenvalue weighted by atomic mass is 10.1. The van der Waals surface area contributed by atoms with E-state index in [2.05, 4.69) is 15.3 Å². The molecule has 0 saturated carbocycles. The Kier molecular flexibility index (Phi) is 6.65. The average Bonchev–Trinajstić information content (AvgIpc) is 2.62. The van der Waals surface area contributed by atoms with Crippen LogP contribution in [0.4, 0.5) is 19.0 Å². The van der Waals surface area contributed by atoms with E-state index in [0.717, 1.165) is 29.1 Å². The molecule has 0 fully saturated rings. The Hall–Kier alpha value is -2.77. The van der Waals surface area contributed by atoms with Gasteiger partial charge in [0.1, 0.15) is 5.82 Å². The molecule has 5 nitrogen and oxygen atoms in total. The molecule has 1 aromatic carbocycles. The van der Waals surface area contributed by atoms with Crippen LogP contribution in [0.1, 0.15) is 16.7 Å². The van der Waals surface area contributed by atoms with Gasteiger partial charge in [-0.05, 0) is 35.4 Å². The van der Waals surface area contributed by atoms with Crippen molar-refractivity contribution in [3.05, 3.63) is 59.3 Å². The predicted octanol–water partition coefficient (Wildman–Crippen LogP) is 3.37. The highest BCUT2D eigenvalue weighted by molar-refractivity contribution is 5.79. The number of hydrogen-bond acceptors (Lipinski definition) is 3. The Morgan fingerprint density at radius 3 is 2.30 bits per heavy atom. The third-order valence-corrected chi connectivity index (χ3v) is 3.99. The summed E-state index contributed by atoms with van der Waals surface area (Å²) in [5.74, 6) is 1.51. The molecule has 8 heteroatoms. The number of aliphatic imine (C=N–C) groups is 1. The van der Waals surface area contributed by atoms with Gasteiger partial charge in [0.15, 0.2) is 5.96 Å². The lowest BCUT2D eigenvalue weighted by Crippen LogP contribution is -2.38. The minimum absolute atomic E-state index is 0.442. The van der Waals surface area contributed by atoms with Crippen LogP contribution in [0.2, 0.25) is 0 Å². The van der Waals surface area contributed by atoms with Crippen molar-refractivity contribution < 1.29 is 13.2 Å². The molecule has 0 aliphatic carbocycles. The Balaban J connectivity index is 1.98. The molecule has 1 aromatic heterocycles. The fourth-order valence-electron chi connectivity index (χ4n) is 2.53. The van der Waals surface area contributed by atoms with E-state index in [9.17, 15) is 13.2 Å². The second kappa shape index (κ2) is 8.75. The molecule has 0 saturated heterocycles. The summed E-state index contributed by atoms with van der Waals surface area (Å²) in [4.78, 5) is 12.3. The Labute approximate surface area is 157 Å². The van der Waals surface area contributed by atoms with E-state index < -0.39 is 11.7 Å². The Morgan fingerprint density at radius 2 is 1.74 bits per heavy atom. The fraction of sp³-hybridized carbons (Fsp3) is 0.368. The lowest BCUT2D eigenvalue weighted by molar-refractivity contribution is -0.137. The second-order valence-corrected chi connectivity index (χ2v) is 6.37. The fourth-order valence-corrected chi connectivity index (χ4v) is 2.53. The van der Waals surface area contributed by atoms with E-state index in [0.29, 0.717) is 19.0 Å². The molecule has 2 aromatic rings. The van der Waals surface area contributed by atoms with Gasteiger partial charge >= 0.3 is 6.18 Å². The zero-order chi connectivity index (χ0) is 20.0. The molecule has 1 heterocycles. The molecule has 0 aliphatic rings. The van der Waals surface area contributed by atoms with Crippen molar-refractivity contribution in [2.45, 2.75) is 19.3 Å². The highest BCUT2D eigenvalue weighted by atomic mass is 19.4. The van der Waals surface area contributed by atoms with Crippen molar-refractivity contribution in [2.24, 2.45) is 4.99 Å². The number of guanidine groups is 1. The van der Waals surface area contributed by atoms with Crippen LogP contribution in [-0.4, -0.2) is 44.0 Å². The van der Waals surface area contributed by atoms with Crippen molar-refractivity contribution in [3.63, 3.8) is 0 Å². The maximum absolute atomic E-state index is 12.7. The number of hydrogen-bond donors (Lipinski definition) is 1. The number of alkyl halides is 3. The molecule has 0 spiro atoms. The lowest BCUT2D eigenvalue weighted by Gasteiger charge is -2.22. The molecule has 0 radical (unpaired) electrons. The van der Waals surface area contributed by atoms with Crippen LogP contribution >= 0.6 is 0 Å². The first kappa shape index (κ1) is 20.5. The number of rotatable bonds is 5. The molecule has 146 valence electrons. The summed E-state index contributed by atoms with van der Waals surface area (Å²) < 4.78 is 38.0. The van der Waals surface area contributed by atoms with Crippen molar-refractivity contribution in [2.75, 3.05) is 33.1 Å². The number of pyridine rings is 1. The summed E-state index contributed by atoms with van der Waals surface area (Å²) in [6.45, 7) is 1.00. The van der Waals surface area contributed by atoms with Crippen LogP contribution < -0.4 is 10.2 Å². The predicted molar refractivity (Wildman–Crippen MR) is 102 cm³/mol. The van der Waals surface area contributed by atoms with Gasteiger partial charge in [0, 0.05) is 47.5 Å². The Morgan fingerprint density at radius 1 is 1.07 bits per heavy atom. The molecule has 1 N–H and O–H groups in total. The Bertz CT molecular complexity index is 770. The molecule has 0 atom stereocenters. The summed E-state index contributed by atoms with van der Waals surface area (Å²) >= 11 is 0. The van der Waals surface area contributed by atoms with Crippen LogP contribution in [-0.2, 0) is 19.3 Å². The maximum atomic E-state index is 12.7. The van der Waals surface area contributed by atoms with Crippen LogP contribution in [0.5, 0.6) is 0 Å². The van der Waals surface area contributed by atoms with E-state index >= 15 is 0 Å². The smallest absolute Gasteiger partial charge is 0.363 e. The third-order valence-electron chi connectivity index (χ3n) is 3.99. The summed E-state index contributed by atoms with van der Waals surface area (Å²) in [6.07, 6.45) is -2.57. The molecular formula is C19H24F3N5. The highest BCUT2D eigenvalue weighted by Gasteiger charge is 2.29.